The Balaban J connectivity index is 1.33. The molecule has 166 valence electrons. The minimum Gasteiger partial charge on any atom is -0.350 e. The standard InChI is InChI=1S/C25H31N7/c1-16-28-23-21(32(16)19-7-5-4-6-8-19)11-17(14-26-23)20-9-10-31-22(20)15-27-24(30-31)29-18-12-25(2,3)13-18/h9-11,14-15,18-19H,4-8,12-13H2,1-3H3,(H,29,30). The summed E-state index contributed by atoms with van der Waals surface area (Å²) in [4.78, 5) is 14.1. The fourth-order valence-electron chi connectivity index (χ4n) is 5.81. The van der Waals surface area contributed by atoms with Crippen LogP contribution in [0.4, 0.5) is 5.95 Å². The predicted molar refractivity (Wildman–Crippen MR) is 127 cm³/mol. The van der Waals surface area contributed by atoms with E-state index in [1.54, 1.807) is 0 Å². The highest BCUT2D eigenvalue weighted by molar-refractivity contribution is 5.85. The second-order valence-electron chi connectivity index (χ2n) is 10.4. The molecule has 4 heterocycles. The second kappa shape index (κ2) is 7.29. The van der Waals surface area contributed by atoms with Gasteiger partial charge in [0.05, 0.1) is 17.2 Å². The molecule has 4 aromatic heterocycles. The van der Waals surface area contributed by atoms with E-state index in [1.807, 2.05) is 23.1 Å². The zero-order valence-corrected chi connectivity index (χ0v) is 19.2. The summed E-state index contributed by atoms with van der Waals surface area (Å²) in [6.45, 7) is 6.72. The normalized spacial score (nSPS) is 19.5. The first-order chi connectivity index (χ1) is 15.5. The van der Waals surface area contributed by atoms with Gasteiger partial charge in [-0.15, -0.1) is 5.10 Å². The van der Waals surface area contributed by atoms with Gasteiger partial charge >= 0.3 is 0 Å². The van der Waals surface area contributed by atoms with Crippen LogP contribution in [0.5, 0.6) is 0 Å². The van der Waals surface area contributed by atoms with Crippen LogP contribution in [-0.4, -0.2) is 35.2 Å². The van der Waals surface area contributed by atoms with Crippen molar-refractivity contribution < 1.29 is 0 Å². The maximum atomic E-state index is 4.75. The molecule has 0 aromatic carbocycles. The average molecular weight is 430 g/mol. The number of hydrogen-bond donors (Lipinski definition) is 1. The number of anilines is 1. The summed E-state index contributed by atoms with van der Waals surface area (Å²) in [5.41, 5.74) is 5.58. The lowest BCUT2D eigenvalue weighted by atomic mass is 9.68. The number of nitrogens with one attached hydrogen (secondary N) is 1. The number of imidazole rings is 1. The van der Waals surface area contributed by atoms with Gasteiger partial charge in [0.2, 0.25) is 5.95 Å². The molecular formula is C25H31N7. The molecule has 32 heavy (non-hydrogen) atoms. The number of hydrogen-bond acceptors (Lipinski definition) is 5. The molecule has 2 aliphatic carbocycles. The van der Waals surface area contributed by atoms with Crippen LogP contribution >= 0.6 is 0 Å². The monoisotopic (exact) mass is 429 g/mol. The van der Waals surface area contributed by atoms with Gasteiger partial charge < -0.3 is 9.88 Å². The molecular weight excluding hydrogens is 398 g/mol. The summed E-state index contributed by atoms with van der Waals surface area (Å²) in [6.07, 6.45) is 14.6. The highest BCUT2D eigenvalue weighted by Crippen LogP contribution is 2.41. The van der Waals surface area contributed by atoms with Crippen molar-refractivity contribution in [2.24, 2.45) is 5.41 Å². The summed E-state index contributed by atoms with van der Waals surface area (Å²) < 4.78 is 4.34. The van der Waals surface area contributed by atoms with Crippen LogP contribution in [0.25, 0.3) is 27.8 Å². The fourth-order valence-corrected chi connectivity index (χ4v) is 5.81. The third-order valence-electron chi connectivity index (χ3n) is 7.32. The van der Waals surface area contributed by atoms with Gasteiger partial charge in [-0.25, -0.2) is 19.5 Å². The minimum absolute atomic E-state index is 0.427. The highest BCUT2D eigenvalue weighted by Gasteiger charge is 2.36. The lowest BCUT2D eigenvalue weighted by Crippen LogP contribution is -2.41. The van der Waals surface area contributed by atoms with E-state index in [0.29, 0.717) is 23.4 Å². The SMILES string of the molecule is Cc1nc2ncc(-c3ccn4nc(NC5CC(C)(C)C5)ncc34)cc2n1C1CCCCC1. The van der Waals surface area contributed by atoms with Gasteiger partial charge in [0.15, 0.2) is 5.65 Å². The molecule has 0 aliphatic heterocycles. The van der Waals surface area contributed by atoms with Crippen molar-refractivity contribution in [3.8, 4) is 11.1 Å². The molecule has 1 N–H and O–H groups in total. The maximum absolute atomic E-state index is 4.75. The maximum Gasteiger partial charge on any atom is 0.241 e. The fraction of sp³-hybridized carbons (Fsp3) is 0.520. The van der Waals surface area contributed by atoms with Crippen molar-refractivity contribution in [1.82, 2.24) is 29.1 Å². The topological polar surface area (TPSA) is 72.9 Å². The third kappa shape index (κ3) is 3.34. The van der Waals surface area contributed by atoms with E-state index in [2.05, 4.69) is 47.8 Å². The van der Waals surface area contributed by atoms with Crippen LogP contribution in [0.2, 0.25) is 0 Å². The van der Waals surface area contributed by atoms with E-state index in [4.69, 9.17) is 15.1 Å². The lowest BCUT2D eigenvalue weighted by Gasteiger charge is -2.42. The second-order valence-corrected chi connectivity index (χ2v) is 10.4. The Morgan fingerprint density at radius 2 is 1.84 bits per heavy atom. The Hall–Kier alpha value is -2.96. The van der Waals surface area contributed by atoms with Crippen molar-refractivity contribution in [1.29, 1.82) is 0 Å². The molecule has 0 saturated heterocycles. The van der Waals surface area contributed by atoms with Crippen molar-refractivity contribution in [3.63, 3.8) is 0 Å². The summed E-state index contributed by atoms with van der Waals surface area (Å²) in [5, 5.41) is 8.18. The van der Waals surface area contributed by atoms with Crippen LogP contribution in [-0.2, 0) is 0 Å². The van der Waals surface area contributed by atoms with Crippen molar-refractivity contribution >= 4 is 22.6 Å². The molecule has 7 heteroatoms. The number of aromatic nitrogens is 6. The first-order valence-corrected chi connectivity index (χ1v) is 11.9. The summed E-state index contributed by atoms with van der Waals surface area (Å²) in [7, 11) is 0. The molecule has 0 unspecified atom stereocenters. The van der Waals surface area contributed by atoms with E-state index >= 15 is 0 Å². The van der Waals surface area contributed by atoms with Crippen molar-refractivity contribution in [2.75, 3.05) is 5.32 Å². The van der Waals surface area contributed by atoms with Crippen LogP contribution in [0.1, 0.15) is 70.7 Å². The van der Waals surface area contributed by atoms with Gasteiger partial charge in [-0.3, -0.25) is 0 Å². The number of rotatable bonds is 4. The van der Waals surface area contributed by atoms with E-state index in [-0.39, 0.29) is 0 Å². The molecule has 0 spiro atoms. The smallest absolute Gasteiger partial charge is 0.241 e. The number of fused-ring (bicyclic) bond motifs is 2. The lowest BCUT2D eigenvalue weighted by molar-refractivity contribution is 0.167. The highest BCUT2D eigenvalue weighted by atomic mass is 15.3. The Morgan fingerprint density at radius 3 is 2.62 bits per heavy atom. The van der Waals surface area contributed by atoms with Gasteiger partial charge in [0.25, 0.3) is 0 Å². The zero-order chi connectivity index (χ0) is 21.9. The van der Waals surface area contributed by atoms with Gasteiger partial charge in [-0.05, 0) is 50.2 Å². The van der Waals surface area contributed by atoms with Crippen molar-refractivity contribution in [2.45, 2.75) is 77.8 Å². The van der Waals surface area contributed by atoms with Crippen LogP contribution in [0.15, 0.2) is 30.7 Å². The van der Waals surface area contributed by atoms with Crippen molar-refractivity contribution in [3.05, 3.63) is 36.5 Å². The van der Waals surface area contributed by atoms with Gasteiger partial charge in [0, 0.05) is 35.6 Å². The molecule has 0 atom stereocenters. The molecule has 0 amide bonds. The molecule has 2 saturated carbocycles. The molecule has 6 rings (SSSR count). The van der Waals surface area contributed by atoms with Gasteiger partial charge in [-0.2, -0.15) is 0 Å². The largest absolute Gasteiger partial charge is 0.350 e. The van der Waals surface area contributed by atoms with Crippen LogP contribution in [0, 0.1) is 12.3 Å². The van der Waals surface area contributed by atoms with Crippen LogP contribution < -0.4 is 5.32 Å². The predicted octanol–water partition coefficient (Wildman–Crippen LogP) is 5.56. The van der Waals surface area contributed by atoms with Gasteiger partial charge in [0.1, 0.15) is 5.82 Å². The summed E-state index contributed by atoms with van der Waals surface area (Å²) in [5.74, 6) is 1.76. The van der Waals surface area contributed by atoms with Crippen LogP contribution in [0.3, 0.4) is 0 Å². The minimum atomic E-state index is 0.427. The van der Waals surface area contributed by atoms with E-state index in [9.17, 15) is 0 Å². The molecule has 4 aromatic rings. The molecule has 0 bridgehead atoms. The summed E-state index contributed by atoms with van der Waals surface area (Å²) >= 11 is 0. The Bertz CT molecular complexity index is 1280. The van der Waals surface area contributed by atoms with E-state index < -0.39 is 0 Å². The number of nitrogens with zero attached hydrogens (tertiary/aromatic N) is 6. The summed E-state index contributed by atoms with van der Waals surface area (Å²) in [6, 6.07) is 5.35. The molecule has 2 aliphatic rings. The average Bonchev–Trinajstić information content (AvgIpc) is 3.32. The van der Waals surface area contributed by atoms with E-state index in [0.717, 1.165) is 46.5 Å². The quantitative estimate of drug-likeness (QED) is 0.460. The van der Waals surface area contributed by atoms with E-state index in [1.165, 1.54) is 32.1 Å². The molecule has 7 nitrogen and oxygen atoms in total. The zero-order valence-electron chi connectivity index (χ0n) is 19.2. The Morgan fingerprint density at radius 1 is 1.03 bits per heavy atom. The molecule has 0 radical (unpaired) electrons. The number of aryl methyl sites for hydroxylation is 1. The first-order valence-electron chi connectivity index (χ1n) is 11.9. The molecule has 2 fully saturated rings. The third-order valence-corrected chi connectivity index (χ3v) is 7.32. The Labute approximate surface area is 188 Å². The number of pyridine rings is 1. The first kappa shape index (κ1) is 19.7. The van der Waals surface area contributed by atoms with Gasteiger partial charge in [-0.1, -0.05) is 33.1 Å². The Kier molecular flexibility index (Phi) is 4.49.